The van der Waals surface area contributed by atoms with Crippen LogP contribution in [-0.4, -0.2) is 31.3 Å². The van der Waals surface area contributed by atoms with Crippen LogP contribution >= 0.6 is 0 Å². The molecule has 1 fully saturated rings. The Balaban J connectivity index is 1.63. The van der Waals surface area contributed by atoms with E-state index in [0.29, 0.717) is 12.1 Å². The highest BCUT2D eigenvalue weighted by molar-refractivity contribution is 5.57. The third-order valence-electron chi connectivity index (χ3n) is 4.16. The SMILES string of the molecule is Oc1ccccc1N1CC[NH+](Cc2cccc(F)c2F)CC1. The van der Waals surface area contributed by atoms with Crippen molar-refractivity contribution in [3.63, 3.8) is 0 Å². The maximum Gasteiger partial charge on any atom is 0.167 e. The van der Waals surface area contributed by atoms with Crippen LogP contribution in [0.2, 0.25) is 0 Å². The second-order valence-electron chi connectivity index (χ2n) is 5.62. The fraction of sp³-hybridized carbons (Fsp3) is 0.294. The average Bonchev–Trinajstić information content (AvgIpc) is 2.53. The second kappa shape index (κ2) is 6.32. The van der Waals surface area contributed by atoms with E-state index in [-0.39, 0.29) is 5.75 Å². The number of para-hydroxylation sites is 2. The van der Waals surface area contributed by atoms with Crippen molar-refractivity contribution in [2.75, 3.05) is 31.1 Å². The highest BCUT2D eigenvalue weighted by Gasteiger charge is 2.23. The summed E-state index contributed by atoms with van der Waals surface area (Å²) >= 11 is 0. The zero-order valence-corrected chi connectivity index (χ0v) is 12.2. The Morgan fingerprint density at radius 2 is 1.73 bits per heavy atom. The van der Waals surface area contributed by atoms with Gasteiger partial charge in [0, 0.05) is 5.56 Å². The fourth-order valence-corrected chi connectivity index (χ4v) is 2.93. The van der Waals surface area contributed by atoms with Crippen LogP contribution in [0.15, 0.2) is 42.5 Å². The van der Waals surface area contributed by atoms with Gasteiger partial charge in [-0.2, -0.15) is 0 Å². The Kier molecular flexibility index (Phi) is 4.24. The number of piperazine rings is 1. The predicted octanol–water partition coefficient (Wildman–Crippen LogP) is 1.58. The molecule has 0 aromatic heterocycles. The van der Waals surface area contributed by atoms with Crippen LogP contribution in [0.4, 0.5) is 14.5 Å². The van der Waals surface area contributed by atoms with E-state index < -0.39 is 11.6 Å². The molecule has 0 amide bonds. The minimum absolute atomic E-state index is 0.280. The van der Waals surface area contributed by atoms with E-state index in [4.69, 9.17) is 0 Å². The molecule has 0 atom stereocenters. The van der Waals surface area contributed by atoms with Gasteiger partial charge in [0.1, 0.15) is 12.3 Å². The van der Waals surface area contributed by atoms with Crippen molar-refractivity contribution in [2.45, 2.75) is 6.54 Å². The van der Waals surface area contributed by atoms with Crippen molar-refractivity contribution in [1.29, 1.82) is 0 Å². The third-order valence-corrected chi connectivity index (χ3v) is 4.16. The number of hydrogen-bond donors (Lipinski definition) is 2. The molecule has 2 N–H and O–H groups in total. The number of nitrogens with one attached hydrogen (secondary N) is 1. The van der Waals surface area contributed by atoms with Gasteiger partial charge in [0.15, 0.2) is 11.6 Å². The lowest BCUT2D eigenvalue weighted by Gasteiger charge is -2.34. The van der Waals surface area contributed by atoms with E-state index in [2.05, 4.69) is 4.90 Å². The second-order valence-corrected chi connectivity index (χ2v) is 5.62. The molecule has 5 heteroatoms. The van der Waals surface area contributed by atoms with Crippen LogP contribution in [0.5, 0.6) is 5.75 Å². The number of anilines is 1. The number of quaternary nitrogens is 1. The van der Waals surface area contributed by atoms with Crippen LogP contribution in [0, 0.1) is 11.6 Å². The summed E-state index contributed by atoms with van der Waals surface area (Å²) < 4.78 is 27.0. The van der Waals surface area contributed by atoms with Crippen molar-refractivity contribution in [2.24, 2.45) is 0 Å². The van der Waals surface area contributed by atoms with Crippen LogP contribution in [0.25, 0.3) is 0 Å². The van der Waals surface area contributed by atoms with Gasteiger partial charge in [0.2, 0.25) is 0 Å². The number of halogens is 2. The monoisotopic (exact) mass is 305 g/mol. The number of nitrogens with zero attached hydrogens (tertiary/aromatic N) is 1. The molecule has 22 heavy (non-hydrogen) atoms. The molecule has 2 aromatic carbocycles. The Morgan fingerprint density at radius 3 is 2.45 bits per heavy atom. The summed E-state index contributed by atoms with van der Waals surface area (Å²) in [6, 6.07) is 11.6. The lowest BCUT2D eigenvalue weighted by atomic mass is 10.1. The molecule has 0 bridgehead atoms. The molecule has 0 saturated carbocycles. The van der Waals surface area contributed by atoms with E-state index >= 15 is 0 Å². The number of phenols is 1. The molecule has 1 aliphatic rings. The van der Waals surface area contributed by atoms with Crippen molar-refractivity contribution >= 4 is 5.69 Å². The third kappa shape index (κ3) is 3.04. The molecule has 2 aromatic rings. The van der Waals surface area contributed by atoms with E-state index in [1.807, 2.05) is 12.1 Å². The lowest BCUT2D eigenvalue weighted by molar-refractivity contribution is -0.914. The molecular formula is C17H19F2N2O+. The van der Waals surface area contributed by atoms with Crippen LogP contribution in [-0.2, 0) is 6.54 Å². The Morgan fingerprint density at radius 1 is 1.00 bits per heavy atom. The van der Waals surface area contributed by atoms with Gasteiger partial charge in [-0.3, -0.25) is 0 Å². The van der Waals surface area contributed by atoms with E-state index in [9.17, 15) is 13.9 Å². The number of benzene rings is 2. The first-order valence-corrected chi connectivity index (χ1v) is 7.44. The normalized spacial score (nSPS) is 16.0. The molecule has 3 rings (SSSR count). The number of hydrogen-bond acceptors (Lipinski definition) is 2. The summed E-state index contributed by atoms with van der Waals surface area (Å²) in [6.45, 7) is 3.69. The number of rotatable bonds is 3. The molecule has 1 aliphatic heterocycles. The Hall–Kier alpha value is -2.14. The summed E-state index contributed by atoms with van der Waals surface area (Å²) in [6.07, 6.45) is 0. The summed E-state index contributed by atoms with van der Waals surface area (Å²) in [4.78, 5) is 3.34. The first-order chi connectivity index (χ1) is 10.6. The Labute approximate surface area is 128 Å². The van der Waals surface area contributed by atoms with Crippen LogP contribution in [0.3, 0.4) is 0 Å². The van der Waals surface area contributed by atoms with Gasteiger partial charge in [-0.25, -0.2) is 8.78 Å². The summed E-state index contributed by atoms with van der Waals surface area (Å²) in [5.74, 6) is -1.25. The number of phenolic OH excluding ortho intramolecular Hbond substituents is 1. The standard InChI is InChI=1S/C17H18F2N2O/c18-14-5-3-4-13(17(14)19)12-20-8-10-21(11-9-20)15-6-1-2-7-16(15)22/h1-7,22H,8-12H2/p+1. The van der Waals surface area contributed by atoms with Gasteiger partial charge < -0.3 is 14.9 Å². The van der Waals surface area contributed by atoms with Crippen LogP contribution in [0.1, 0.15) is 5.56 Å². The molecule has 3 nitrogen and oxygen atoms in total. The molecule has 116 valence electrons. The highest BCUT2D eigenvalue weighted by Crippen LogP contribution is 2.26. The molecule has 0 aliphatic carbocycles. The molecule has 1 saturated heterocycles. The van der Waals surface area contributed by atoms with Crippen molar-refractivity contribution in [3.8, 4) is 5.75 Å². The molecular weight excluding hydrogens is 286 g/mol. The predicted molar refractivity (Wildman–Crippen MR) is 81.1 cm³/mol. The topological polar surface area (TPSA) is 27.9 Å². The Bertz CT molecular complexity index is 655. The van der Waals surface area contributed by atoms with Gasteiger partial charge in [-0.05, 0) is 18.2 Å². The van der Waals surface area contributed by atoms with E-state index in [1.54, 1.807) is 24.3 Å². The summed E-state index contributed by atoms with van der Waals surface area (Å²) in [7, 11) is 0. The molecule has 0 radical (unpaired) electrons. The van der Waals surface area contributed by atoms with Gasteiger partial charge in [-0.1, -0.05) is 24.3 Å². The molecule has 0 spiro atoms. The van der Waals surface area contributed by atoms with Crippen LogP contribution < -0.4 is 9.80 Å². The largest absolute Gasteiger partial charge is 0.506 e. The minimum atomic E-state index is -0.787. The van der Waals surface area contributed by atoms with E-state index in [0.717, 1.165) is 37.9 Å². The molecule has 1 heterocycles. The van der Waals surface area contributed by atoms with E-state index in [1.165, 1.54) is 4.90 Å². The van der Waals surface area contributed by atoms with Gasteiger partial charge in [0.05, 0.1) is 31.9 Å². The first-order valence-electron chi connectivity index (χ1n) is 7.44. The van der Waals surface area contributed by atoms with Crippen molar-refractivity contribution in [3.05, 3.63) is 59.7 Å². The average molecular weight is 305 g/mol. The quantitative estimate of drug-likeness (QED) is 0.901. The van der Waals surface area contributed by atoms with Gasteiger partial charge in [0.25, 0.3) is 0 Å². The highest BCUT2D eigenvalue weighted by atomic mass is 19.2. The summed E-state index contributed by atoms with van der Waals surface area (Å²) in [5, 5.41) is 9.89. The maximum atomic E-state index is 13.7. The minimum Gasteiger partial charge on any atom is -0.506 e. The lowest BCUT2D eigenvalue weighted by Crippen LogP contribution is -3.13. The zero-order valence-electron chi connectivity index (χ0n) is 12.2. The maximum absolute atomic E-state index is 13.7. The zero-order chi connectivity index (χ0) is 15.5. The van der Waals surface area contributed by atoms with Gasteiger partial charge >= 0.3 is 0 Å². The molecule has 0 unspecified atom stereocenters. The summed E-state index contributed by atoms with van der Waals surface area (Å²) in [5.41, 5.74) is 1.25. The first kappa shape index (κ1) is 14.8. The van der Waals surface area contributed by atoms with Crippen molar-refractivity contribution < 1.29 is 18.8 Å². The van der Waals surface area contributed by atoms with Gasteiger partial charge in [-0.15, -0.1) is 0 Å². The van der Waals surface area contributed by atoms with Crippen molar-refractivity contribution in [1.82, 2.24) is 0 Å². The number of aromatic hydroxyl groups is 1. The fourth-order valence-electron chi connectivity index (χ4n) is 2.93. The smallest absolute Gasteiger partial charge is 0.167 e.